The van der Waals surface area contributed by atoms with Crippen molar-refractivity contribution in [3.8, 4) is 0 Å². The molecule has 0 saturated heterocycles. The summed E-state index contributed by atoms with van der Waals surface area (Å²) in [4.78, 5) is 27.7. The van der Waals surface area contributed by atoms with Gasteiger partial charge in [-0.2, -0.15) is 0 Å². The number of nitrogen functional groups attached to an aromatic ring is 1. The Hall–Kier alpha value is -2.78. The average Bonchev–Trinajstić information content (AvgIpc) is 3.16. The zero-order valence-corrected chi connectivity index (χ0v) is 15.8. The summed E-state index contributed by atoms with van der Waals surface area (Å²) in [6, 6.07) is 6.81. The predicted molar refractivity (Wildman–Crippen MR) is 104 cm³/mol. The molecule has 1 unspecified atom stereocenters. The highest BCUT2D eigenvalue weighted by molar-refractivity contribution is 7.99. The standard InChI is InChI=1S/C17H15ClN6O2S/c1-2-10(16(25)26)24-14-12(13(19)20-7-21-14)23-17(24)27-15-11(18)8-5-3-4-6-9(8)22-15/h3-7,10,22H,2H2,1H3,(H,25,26)(H2,19,20,21). The summed E-state index contributed by atoms with van der Waals surface area (Å²) in [5.41, 5.74) is 7.56. The topological polar surface area (TPSA) is 123 Å². The number of halogens is 1. The number of benzene rings is 1. The monoisotopic (exact) mass is 402 g/mol. The normalized spacial score (nSPS) is 12.7. The first-order valence-electron chi connectivity index (χ1n) is 8.16. The predicted octanol–water partition coefficient (Wildman–Crippen LogP) is 3.73. The lowest BCUT2D eigenvalue weighted by atomic mass is 10.2. The molecule has 4 rings (SSSR count). The highest BCUT2D eigenvalue weighted by atomic mass is 35.5. The van der Waals surface area contributed by atoms with Gasteiger partial charge in [-0.3, -0.25) is 4.57 Å². The maximum atomic E-state index is 11.8. The molecule has 0 fully saturated rings. The summed E-state index contributed by atoms with van der Waals surface area (Å²) in [5, 5.41) is 12.2. The van der Waals surface area contributed by atoms with Crippen LogP contribution < -0.4 is 5.73 Å². The molecule has 0 bridgehead atoms. The molecule has 0 spiro atoms. The second kappa shape index (κ2) is 6.75. The number of carboxylic acids is 1. The molecule has 1 aromatic carbocycles. The number of imidazole rings is 1. The number of aliphatic carboxylic acids is 1. The van der Waals surface area contributed by atoms with Gasteiger partial charge in [0.2, 0.25) is 0 Å². The Bertz CT molecular complexity index is 1170. The van der Waals surface area contributed by atoms with Crippen molar-refractivity contribution >= 4 is 57.2 Å². The first kappa shape index (κ1) is 17.6. The lowest BCUT2D eigenvalue weighted by molar-refractivity contribution is -0.141. The molecule has 0 aliphatic carbocycles. The zero-order chi connectivity index (χ0) is 19.1. The third-order valence-electron chi connectivity index (χ3n) is 4.26. The molecule has 4 N–H and O–H groups in total. The van der Waals surface area contributed by atoms with Crippen LogP contribution in [0.15, 0.2) is 40.8 Å². The third kappa shape index (κ3) is 2.88. The summed E-state index contributed by atoms with van der Waals surface area (Å²) in [7, 11) is 0. The van der Waals surface area contributed by atoms with E-state index in [1.54, 1.807) is 11.5 Å². The van der Waals surface area contributed by atoms with Gasteiger partial charge in [0.05, 0.1) is 10.0 Å². The first-order chi connectivity index (χ1) is 13.0. The lowest BCUT2D eigenvalue weighted by Crippen LogP contribution is -2.19. The number of carboxylic acid groups (broad SMARTS) is 1. The van der Waals surface area contributed by atoms with E-state index in [9.17, 15) is 9.90 Å². The van der Waals surface area contributed by atoms with E-state index in [1.165, 1.54) is 18.1 Å². The fourth-order valence-electron chi connectivity index (χ4n) is 2.97. The Morgan fingerprint density at radius 2 is 2.19 bits per heavy atom. The lowest BCUT2D eigenvalue weighted by Gasteiger charge is -2.15. The number of para-hydroxylation sites is 1. The number of rotatable bonds is 5. The summed E-state index contributed by atoms with van der Waals surface area (Å²) >= 11 is 7.75. The van der Waals surface area contributed by atoms with E-state index in [4.69, 9.17) is 17.3 Å². The Morgan fingerprint density at radius 3 is 2.89 bits per heavy atom. The van der Waals surface area contributed by atoms with Crippen LogP contribution in [0.25, 0.3) is 22.1 Å². The SMILES string of the molecule is CCC(C(=O)O)n1c(Sc2[nH]c3ccccc3c2Cl)nc2c(N)ncnc21. The van der Waals surface area contributed by atoms with Crippen LogP contribution in [0, 0.1) is 0 Å². The van der Waals surface area contributed by atoms with E-state index in [-0.39, 0.29) is 5.82 Å². The van der Waals surface area contributed by atoms with Crippen LogP contribution in [0.2, 0.25) is 5.02 Å². The number of carbonyl (C=O) groups is 1. The Kier molecular flexibility index (Phi) is 4.40. The van der Waals surface area contributed by atoms with Gasteiger partial charge in [-0.25, -0.2) is 19.7 Å². The van der Waals surface area contributed by atoms with Crippen molar-refractivity contribution in [1.29, 1.82) is 0 Å². The number of nitrogens with zero attached hydrogens (tertiary/aromatic N) is 4. The third-order valence-corrected chi connectivity index (χ3v) is 5.75. The molecule has 0 amide bonds. The highest BCUT2D eigenvalue weighted by Crippen LogP contribution is 2.39. The average molecular weight is 403 g/mol. The van der Waals surface area contributed by atoms with Gasteiger partial charge in [-0.15, -0.1) is 0 Å². The largest absolute Gasteiger partial charge is 0.480 e. The number of nitrogens with two attached hydrogens (primary N) is 1. The van der Waals surface area contributed by atoms with Crippen LogP contribution in [-0.2, 0) is 4.79 Å². The minimum absolute atomic E-state index is 0.198. The Morgan fingerprint density at radius 1 is 1.41 bits per heavy atom. The van der Waals surface area contributed by atoms with Crippen molar-refractivity contribution in [2.75, 3.05) is 5.73 Å². The van der Waals surface area contributed by atoms with Gasteiger partial charge >= 0.3 is 5.97 Å². The number of aromatic nitrogens is 5. The molecule has 8 nitrogen and oxygen atoms in total. The Balaban J connectivity index is 1.91. The number of aromatic amines is 1. The Labute approximate surface area is 162 Å². The molecule has 3 heterocycles. The summed E-state index contributed by atoms with van der Waals surface area (Å²) in [6.07, 6.45) is 1.66. The smallest absolute Gasteiger partial charge is 0.326 e. The summed E-state index contributed by atoms with van der Waals surface area (Å²) in [6.45, 7) is 1.79. The van der Waals surface area contributed by atoms with Crippen molar-refractivity contribution in [3.05, 3.63) is 35.6 Å². The van der Waals surface area contributed by atoms with E-state index in [1.807, 2.05) is 24.3 Å². The molecule has 138 valence electrons. The molecule has 0 aliphatic heterocycles. The number of hydrogen-bond donors (Lipinski definition) is 3. The first-order valence-corrected chi connectivity index (χ1v) is 9.36. The fourth-order valence-corrected chi connectivity index (χ4v) is 4.29. The molecule has 0 saturated carbocycles. The molecular weight excluding hydrogens is 388 g/mol. The second-order valence-electron chi connectivity index (χ2n) is 5.87. The summed E-state index contributed by atoms with van der Waals surface area (Å²) in [5.74, 6) is -0.776. The van der Waals surface area contributed by atoms with Crippen molar-refractivity contribution < 1.29 is 9.90 Å². The van der Waals surface area contributed by atoms with Crippen molar-refractivity contribution in [1.82, 2.24) is 24.5 Å². The molecule has 10 heteroatoms. The molecule has 3 aromatic heterocycles. The number of nitrogens with one attached hydrogen (secondary N) is 1. The number of hydrogen-bond acceptors (Lipinski definition) is 6. The minimum atomic E-state index is -0.974. The maximum absolute atomic E-state index is 11.8. The van der Waals surface area contributed by atoms with Gasteiger partial charge in [0.1, 0.15) is 12.4 Å². The molecule has 27 heavy (non-hydrogen) atoms. The van der Waals surface area contributed by atoms with Gasteiger partial charge in [0, 0.05) is 10.9 Å². The van der Waals surface area contributed by atoms with Crippen molar-refractivity contribution in [2.24, 2.45) is 0 Å². The quantitative estimate of drug-likeness (QED) is 0.464. The van der Waals surface area contributed by atoms with Crippen molar-refractivity contribution in [3.63, 3.8) is 0 Å². The number of fused-ring (bicyclic) bond motifs is 2. The zero-order valence-electron chi connectivity index (χ0n) is 14.2. The minimum Gasteiger partial charge on any atom is -0.480 e. The van der Waals surface area contributed by atoms with Gasteiger partial charge in [0.25, 0.3) is 0 Å². The number of H-pyrrole nitrogens is 1. The van der Waals surface area contributed by atoms with Crippen LogP contribution in [0.3, 0.4) is 0 Å². The molecule has 4 aromatic rings. The van der Waals surface area contributed by atoms with E-state index in [2.05, 4.69) is 19.9 Å². The van der Waals surface area contributed by atoms with Gasteiger partial charge in [-0.1, -0.05) is 36.7 Å². The second-order valence-corrected chi connectivity index (χ2v) is 7.23. The van der Waals surface area contributed by atoms with E-state index in [0.29, 0.717) is 32.8 Å². The van der Waals surface area contributed by atoms with Crippen LogP contribution >= 0.6 is 23.4 Å². The van der Waals surface area contributed by atoms with Gasteiger partial charge < -0.3 is 15.8 Å². The highest BCUT2D eigenvalue weighted by Gasteiger charge is 2.27. The summed E-state index contributed by atoms with van der Waals surface area (Å²) < 4.78 is 1.57. The number of anilines is 1. The molecular formula is C17H15ClN6O2S. The van der Waals surface area contributed by atoms with Gasteiger partial charge in [0.15, 0.2) is 22.1 Å². The maximum Gasteiger partial charge on any atom is 0.326 e. The van der Waals surface area contributed by atoms with Crippen LogP contribution in [0.1, 0.15) is 19.4 Å². The molecule has 0 aliphatic rings. The van der Waals surface area contributed by atoms with Crippen molar-refractivity contribution in [2.45, 2.75) is 29.6 Å². The molecule has 1 atom stereocenters. The van der Waals surface area contributed by atoms with E-state index < -0.39 is 12.0 Å². The van der Waals surface area contributed by atoms with Crippen LogP contribution in [-0.4, -0.2) is 35.6 Å². The van der Waals surface area contributed by atoms with E-state index in [0.717, 1.165) is 10.9 Å². The van der Waals surface area contributed by atoms with Gasteiger partial charge in [-0.05, 0) is 24.2 Å². The fraction of sp³-hybridized carbons (Fsp3) is 0.176. The van der Waals surface area contributed by atoms with Crippen LogP contribution in [0.5, 0.6) is 0 Å². The van der Waals surface area contributed by atoms with E-state index >= 15 is 0 Å². The van der Waals surface area contributed by atoms with Crippen LogP contribution in [0.4, 0.5) is 5.82 Å². The molecule has 0 radical (unpaired) electrons.